The zero-order valence-electron chi connectivity index (χ0n) is 13.3. The number of carbonyl (C=O) groups is 1. The summed E-state index contributed by atoms with van der Waals surface area (Å²) in [6, 6.07) is 5.12. The molecule has 23 heavy (non-hydrogen) atoms. The molecular formula is C17H20O5S. The van der Waals surface area contributed by atoms with Crippen LogP contribution in [0.5, 0.6) is 11.5 Å². The fourth-order valence-corrected chi connectivity index (χ4v) is 3.14. The summed E-state index contributed by atoms with van der Waals surface area (Å²) in [5.74, 6) is -0.588. The van der Waals surface area contributed by atoms with Gasteiger partial charge in [0.1, 0.15) is 11.5 Å². The number of fused-ring (bicyclic) bond motifs is 1. The monoisotopic (exact) mass is 336 g/mol. The molecule has 0 amide bonds. The number of benzene rings is 1. The standard InChI is InChI=1S/C17H20O5S/c1-3-4-5-6-9-22-11-7-8-13-12(10-11)15(18)14(16(19)21-2)17(20)23-13/h7-8,10,18H,3-6,9H2,1-2H3. The Morgan fingerprint density at radius 3 is 2.74 bits per heavy atom. The van der Waals surface area contributed by atoms with Gasteiger partial charge in [0.15, 0.2) is 5.56 Å². The van der Waals surface area contributed by atoms with Gasteiger partial charge in [-0.25, -0.2) is 4.79 Å². The van der Waals surface area contributed by atoms with Gasteiger partial charge in [0, 0.05) is 10.1 Å². The van der Waals surface area contributed by atoms with Crippen molar-refractivity contribution in [3.63, 3.8) is 0 Å². The van der Waals surface area contributed by atoms with E-state index >= 15 is 0 Å². The second kappa shape index (κ2) is 7.97. The fraction of sp³-hybridized carbons (Fsp3) is 0.412. The van der Waals surface area contributed by atoms with Crippen LogP contribution < -0.4 is 9.48 Å². The average Bonchev–Trinajstić information content (AvgIpc) is 2.55. The summed E-state index contributed by atoms with van der Waals surface area (Å²) in [6.07, 6.45) is 4.42. The highest BCUT2D eigenvalue weighted by atomic mass is 32.1. The summed E-state index contributed by atoms with van der Waals surface area (Å²) in [6.45, 7) is 2.75. The van der Waals surface area contributed by atoms with Crippen molar-refractivity contribution in [1.82, 2.24) is 0 Å². The lowest BCUT2D eigenvalue weighted by Crippen LogP contribution is -2.13. The molecular weight excluding hydrogens is 316 g/mol. The van der Waals surface area contributed by atoms with E-state index in [1.165, 1.54) is 20.0 Å². The summed E-state index contributed by atoms with van der Waals surface area (Å²) >= 11 is 0.898. The number of hydrogen-bond donors (Lipinski definition) is 1. The van der Waals surface area contributed by atoms with Crippen molar-refractivity contribution in [2.45, 2.75) is 32.6 Å². The van der Waals surface area contributed by atoms with Crippen LogP contribution in [-0.4, -0.2) is 24.8 Å². The first-order valence-corrected chi connectivity index (χ1v) is 8.41. The third kappa shape index (κ3) is 4.01. The van der Waals surface area contributed by atoms with Crippen LogP contribution >= 0.6 is 11.3 Å². The Morgan fingerprint density at radius 1 is 1.26 bits per heavy atom. The summed E-state index contributed by atoms with van der Waals surface area (Å²) in [4.78, 5) is 23.6. The molecule has 5 nitrogen and oxygen atoms in total. The molecule has 0 spiro atoms. The van der Waals surface area contributed by atoms with E-state index in [4.69, 9.17) is 4.74 Å². The molecule has 0 radical (unpaired) electrons. The second-order valence-corrected chi connectivity index (χ2v) is 6.19. The Morgan fingerprint density at radius 2 is 2.04 bits per heavy atom. The Labute approximate surface area is 138 Å². The number of esters is 1. The lowest BCUT2D eigenvalue weighted by Gasteiger charge is -2.09. The number of carbonyl (C=O) groups excluding carboxylic acids is 1. The van der Waals surface area contributed by atoms with E-state index in [2.05, 4.69) is 11.7 Å². The van der Waals surface area contributed by atoms with Gasteiger partial charge >= 0.3 is 5.97 Å². The molecule has 2 aromatic rings. The van der Waals surface area contributed by atoms with Crippen molar-refractivity contribution in [3.8, 4) is 11.5 Å². The first-order valence-electron chi connectivity index (χ1n) is 7.59. The maximum atomic E-state index is 11.9. The molecule has 2 rings (SSSR count). The highest BCUT2D eigenvalue weighted by Crippen LogP contribution is 2.32. The predicted molar refractivity (Wildman–Crippen MR) is 90.7 cm³/mol. The van der Waals surface area contributed by atoms with Gasteiger partial charge in [-0.1, -0.05) is 37.5 Å². The zero-order chi connectivity index (χ0) is 16.8. The van der Waals surface area contributed by atoms with E-state index in [0.29, 0.717) is 22.4 Å². The molecule has 1 heterocycles. The van der Waals surface area contributed by atoms with Crippen molar-refractivity contribution < 1.29 is 19.4 Å². The molecule has 1 aromatic carbocycles. The minimum absolute atomic E-state index is 0.329. The molecule has 0 atom stereocenters. The van der Waals surface area contributed by atoms with E-state index in [9.17, 15) is 14.7 Å². The second-order valence-electron chi connectivity index (χ2n) is 5.17. The molecule has 0 unspecified atom stereocenters. The van der Waals surface area contributed by atoms with Crippen LogP contribution in [-0.2, 0) is 4.74 Å². The summed E-state index contributed by atoms with van der Waals surface area (Å²) in [5.41, 5.74) is -0.329. The molecule has 124 valence electrons. The van der Waals surface area contributed by atoms with Crippen LogP contribution in [0, 0.1) is 0 Å². The highest BCUT2D eigenvalue weighted by molar-refractivity contribution is 7.16. The van der Waals surface area contributed by atoms with Crippen molar-refractivity contribution in [2.75, 3.05) is 13.7 Å². The normalized spacial score (nSPS) is 10.7. The van der Waals surface area contributed by atoms with Gasteiger partial charge in [0.2, 0.25) is 0 Å². The maximum absolute atomic E-state index is 11.9. The molecule has 0 aliphatic rings. The topological polar surface area (TPSA) is 72.8 Å². The minimum Gasteiger partial charge on any atom is -0.506 e. The van der Waals surface area contributed by atoms with E-state index in [1.807, 2.05) is 0 Å². The predicted octanol–water partition coefficient (Wildman–Crippen LogP) is 3.71. The molecule has 0 fully saturated rings. The first kappa shape index (κ1) is 17.3. The molecule has 0 aliphatic carbocycles. The highest BCUT2D eigenvalue weighted by Gasteiger charge is 2.20. The van der Waals surface area contributed by atoms with E-state index in [-0.39, 0.29) is 11.3 Å². The van der Waals surface area contributed by atoms with Gasteiger partial charge in [0.25, 0.3) is 4.74 Å². The quantitative estimate of drug-likeness (QED) is 0.616. The minimum atomic E-state index is -0.837. The average molecular weight is 336 g/mol. The number of rotatable bonds is 7. The number of hydrogen-bond acceptors (Lipinski definition) is 6. The molecule has 1 aromatic heterocycles. The van der Waals surface area contributed by atoms with E-state index in [1.54, 1.807) is 18.2 Å². The third-order valence-electron chi connectivity index (χ3n) is 3.51. The molecule has 0 bridgehead atoms. The van der Waals surface area contributed by atoms with Crippen molar-refractivity contribution in [2.24, 2.45) is 0 Å². The molecule has 0 saturated heterocycles. The van der Waals surface area contributed by atoms with E-state index in [0.717, 1.165) is 24.2 Å². The Hall–Kier alpha value is -2.08. The Kier molecular flexibility index (Phi) is 5.98. The molecule has 0 aliphatic heterocycles. The van der Waals surface area contributed by atoms with Crippen LogP contribution in [0.2, 0.25) is 0 Å². The number of ether oxygens (including phenoxy) is 2. The van der Waals surface area contributed by atoms with Gasteiger partial charge in [-0.05, 0) is 24.6 Å². The van der Waals surface area contributed by atoms with Crippen LogP contribution in [0.4, 0.5) is 0 Å². The first-order chi connectivity index (χ1) is 11.1. The third-order valence-corrected chi connectivity index (χ3v) is 4.47. The molecule has 1 N–H and O–H groups in total. The van der Waals surface area contributed by atoms with Gasteiger partial charge in [0.05, 0.1) is 13.7 Å². The van der Waals surface area contributed by atoms with Crippen molar-refractivity contribution in [1.29, 1.82) is 0 Å². The van der Waals surface area contributed by atoms with Crippen LogP contribution in [0.3, 0.4) is 0 Å². The number of methoxy groups -OCH3 is 1. The van der Waals surface area contributed by atoms with Gasteiger partial charge in [-0.15, -0.1) is 0 Å². The maximum Gasteiger partial charge on any atom is 0.346 e. The smallest absolute Gasteiger partial charge is 0.346 e. The fourth-order valence-electron chi connectivity index (χ4n) is 2.26. The summed E-state index contributed by atoms with van der Waals surface area (Å²) in [5, 5.41) is 10.7. The van der Waals surface area contributed by atoms with Crippen LogP contribution in [0.25, 0.3) is 10.1 Å². The zero-order valence-corrected chi connectivity index (χ0v) is 14.1. The largest absolute Gasteiger partial charge is 0.506 e. The van der Waals surface area contributed by atoms with E-state index < -0.39 is 10.7 Å². The van der Waals surface area contributed by atoms with Crippen molar-refractivity contribution in [3.05, 3.63) is 33.3 Å². The Balaban J connectivity index is 2.27. The van der Waals surface area contributed by atoms with Gasteiger partial charge in [-0.2, -0.15) is 0 Å². The molecule has 6 heteroatoms. The SMILES string of the molecule is CCCCCCOc1ccc2sc(=O)c(C(=O)OC)c(O)c2c1. The summed E-state index contributed by atoms with van der Waals surface area (Å²) < 4.78 is 10.3. The van der Waals surface area contributed by atoms with Gasteiger partial charge in [-0.3, -0.25) is 4.79 Å². The van der Waals surface area contributed by atoms with Crippen molar-refractivity contribution >= 4 is 27.4 Å². The molecule has 0 saturated carbocycles. The lowest BCUT2D eigenvalue weighted by molar-refractivity contribution is 0.0597. The number of unbranched alkanes of at least 4 members (excludes halogenated alkanes) is 3. The summed E-state index contributed by atoms with van der Waals surface area (Å²) in [7, 11) is 1.17. The van der Waals surface area contributed by atoms with Crippen LogP contribution in [0.15, 0.2) is 23.0 Å². The van der Waals surface area contributed by atoms with Gasteiger partial charge < -0.3 is 14.6 Å². The lowest BCUT2D eigenvalue weighted by atomic mass is 10.1. The Bertz CT molecular complexity index is 750. The van der Waals surface area contributed by atoms with Crippen LogP contribution in [0.1, 0.15) is 43.0 Å². The number of aromatic hydroxyl groups is 1.